The molecule has 28 heavy (non-hydrogen) atoms. The van der Waals surface area contributed by atoms with Crippen LogP contribution in [-0.4, -0.2) is 27.0 Å². The molecule has 0 fully saturated rings. The van der Waals surface area contributed by atoms with E-state index >= 15 is 0 Å². The Balaban J connectivity index is 1.77. The number of fused-ring (bicyclic) bond motifs is 1. The highest BCUT2D eigenvalue weighted by atomic mass is 32.2. The molecule has 2 aromatic rings. The molecule has 0 saturated heterocycles. The number of ether oxygens (including phenoxy) is 2. The molecule has 8 heteroatoms. The lowest BCUT2D eigenvalue weighted by molar-refractivity contribution is -0.130. The first kappa shape index (κ1) is 20.2. The second-order valence-corrected chi connectivity index (χ2v) is 8.53. The van der Waals surface area contributed by atoms with Crippen molar-refractivity contribution in [1.82, 2.24) is 10.3 Å². The maximum Gasteiger partial charge on any atom is 0.279 e. The first-order valence-electron chi connectivity index (χ1n) is 8.90. The van der Waals surface area contributed by atoms with Crippen molar-refractivity contribution in [2.45, 2.75) is 45.6 Å². The van der Waals surface area contributed by atoms with Gasteiger partial charge in [-0.1, -0.05) is 12.1 Å². The Morgan fingerprint density at radius 1 is 0.929 bits per heavy atom. The van der Waals surface area contributed by atoms with Crippen LogP contribution >= 0.6 is 0 Å². The van der Waals surface area contributed by atoms with E-state index in [0.29, 0.717) is 22.6 Å². The quantitative estimate of drug-likeness (QED) is 0.763. The fourth-order valence-corrected chi connectivity index (χ4v) is 4.72. The first-order chi connectivity index (χ1) is 13.1. The molecule has 0 spiro atoms. The third-order valence-electron chi connectivity index (χ3n) is 5.31. The lowest BCUT2D eigenvalue weighted by atomic mass is 9.95. The third-order valence-corrected chi connectivity index (χ3v) is 6.83. The highest BCUT2D eigenvalue weighted by molar-refractivity contribution is 7.89. The fourth-order valence-electron chi connectivity index (χ4n) is 3.27. The molecule has 1 heterocycles. The normalized spacial score (nSPS) is 16.0. The van der Waals surface area contributed by atoms with Gasteiger partial charge < -0.3 is 9.47 Å². The van der Waals surface area contributed by atoms with Gasteiger partial charge in [-0.3, -0.25) is 10.2 Å². The number of rotatable bonds is 4. The van der Waals surface area contributed by atoms with Gasteiger partial charge in [0.2, 0.25) is 6.10 Å². The van der Waals surface area contributed by atoms with Crippen molar-refractivity contribution in [2.75, 3.05) is 6.61 Å². The third kappa shape index (κ3) is 3.57. The molecule has 3 rings (SSSR count). The first-order valence-corrected chi connectivity index (χ1v) is 10.4. The number of para-hydroxylation sites is 2. The lowest BCUT2D eigenvalue weighted by Crippen LogP contribution is -2.50. The number of amides is 1. The van der Waals surface area contributed by atoms with Crippen molar-refractivity contribution in [3.63, 3.8) is 0 Å². The van der Waals surface area contributed by atoms with Crippen molar-refractivity contribution in [2.24, 2.45) is 0 Å². The molecular formula is C20H24N2O5S. The lowest BCUT2D eigenvalue weighted by Gasteiger charge is -2.25. The van der Waals surface area contributed by atoms with Crippen LogP contribution in [0.25, 0.3) is 0 Å². The van der Waals surface area contributed by atoms with Gasteiger partial charge in [0.05, 0.1) is 4.90 Å². The summed E-state index contributed by atoms with van der Waals surface area (Å²) in [5.41, 5.74) is 6.45. The Kier molecular flexibility index (Phi) is 5.36. The average molecular weight is 404 g/mol. The van der Waals surface area contributed by atoms with E-state index in [1.807, 2.05) is 20.8 Å². The number of carbonyl (C=O) groups excluding carboxylic acids is 1. The van der Waals surface area contributed by atoms with Crippen molar-refractivity contribution in [3.05, 3.63) is 52.1 Å². The molecule has 7 nitrogen and oxygen atoms in total. The Morgan fingerprint density at radius 2 is 1.46 bits per heavy atom. The van der Waals surface area contributed by atoms with E-state index in [4.69, 9.17) is 9.47 Å². The van der Waals surface area contributed by atoms with Crippen LogP contribution in [0.2, 0.25) is 0 Å². The van der Waals surface area contributed by atoms with Gasteiger partial charge in [0.15, 0.2) is 11.5 Å². The second-order valence-electron chi connectivity index (χ2n) is 6.91. The van der Waals surface area contributed by atoms with Gasteiger partial charge in [-0.15, -0.1) is 4.83 Å². The van der Waals surface area contributed by atoms with Gasteiger partial charge in [0, 0.05) is 0 Å². The summed E-state index contributed by atoms with van der Waals surface area (Å²) in [5.74, 6) is 0.353. The van der Waals surface area contributed by atoms with E-state index < -0.39 is 22.0 Å². The summed E-state index contributed by atoms with van der Waals surface area (Å²) in [6, 6.07) is 6.98. The summed E-state index contributed by atoms with van der Waals surface area (Å²) >= 11 is 0. The zero-order valence-corrected chi connectivity index (χ0v) is 17.4. The molecule has 1 aliphatic heterocycles. The topological polar surface area (TPSA) is 93.7 Å². The molecule has 0 bridgehead atoms. The molecular weight excluding hydrogens is 380 g/mol. The fraction of sp³-hybridized carbons (Fsp3) is 0.350. The van der Waals surface area contributed by atoms with Gasteiger partial charge in [0.25, 0.3) is 15.9 Å². The minimum Gasteiger partial charge on any atom is -0.485 e. The van der Waals surface area contributed by atoms with Crippen molar-refractivity contribution < 1.29 is 22.7 Å². The number of benzene rings is 2. The molecule has 0 unspecified atom stereocenters. The Bertz CT molecular complexity index is 1020. The van der Waals surface area contributed by atoms with Gasteiger partial charge in [-0.05, 0) is 74.6 Å². The predicted molar refractivity (Wildman–Crippen MR) is 105 cm³/mol. The van der Waals surface area contributed by atoms with E-state index in [1.54, 1.807) is 38.1 Å². The summed E-state index contributed by atoms with van der Waals surface area (Å²) in [7, 11) is -3.96. The molecule has 1 aliphatic rings. The van der Waals surface area contributed by atoms with Crippen LogP contribution in [0.3, 0.4) is 0 Å². The monoisotopic (exact) mass is 404 g/mol. The number of sulfonamides is 1. The molecule has 0 aromatic heterocycles. The summed E-state index contributed by atoms with van der Waals surface area (Å²) in [5, 5.41) is 0. The molecule has 1 atom stereocenters. The molecule has 0 saturated carbocycles. The number of hydrazine groups is 1. The SMILES string of the molecule is Cc1c(C)c(C)c(S(=O)(=O)NNC(=O)[C@@H]2COc3ccccc3O2)c(C)c1C. The van der Waals surface area contributed by atoms with Crippen LogP contribution < -0.4 is 19.7 Å². The van der Waals surface area contributed by atoms with Crippen LogP contribution in [0.4, 0.5) is 0 Å². The largest absolute Gasteiger partial charge is 0.485 e. The molecule has 0 radical (unpaired) electrons. The van der Waals surface area contributed by atoms with Crippen molar-refractivity contribution >= 4 is 15.9 Å². The average Bonchev–Trinajstić information content (AvgIpc) is 2.68. The van der Waals surface area contributed by atoms with Gasteiger partial charge in [-0.25, -0.2) is 8.42 Å². The van der Waals surface area contributed by atoms with Crippen LogP contribution in [0, 0.1) is 34.6 Å². The molecule has 2 aromatic carbocycles. The summed E-state index contributed by atoms with van der Waals surface area (Å²) in [4.78, 5) is 14.8. The Hall–Kier alpha value is -2.58. The van der Waals surface area contributed by atoms with Gasteiger partial charge in [-0.2, -0.15) is 0 Å². The minimum atomic E-state index is -3.96. The zero-order chi connectivity index (χ0) is 20.6. The molecule has 2 N–H and O–H groups in total. The highest BCUT2D eigenvalue weighted by Gasteiger charge is 2.29. The number of hydrogen-bond donors (Lipinski definition) is 2. The smallest absolute Gasteiger partial charge is 0.279 e. The van der Waals surface area contributed by atoms with Crippen LogP contribution in [0.5, 0.6) is 11.5 Å². The van der Waals surface area contributed by atoms with Crippen LogP contribution in [-0.2, 0) is 14.8 Å². The summed E-state index contributed by atoms with van der Waals surface area (Å²) in [6.45, 7) is 9.26. The van der Waals surface area contributed by atoms with E-state index in [9.17, 15) is 13.2 Å². The minimum absolute atomic E-state index is 0.00855. The van der Waals surface area contributed by atoms with Gasteiger partial charge >= 0.3 is 0 Å². The second kappa shape index (κ2) is 7.44. The maximum absolute atomic E-state index is 12.9. The van der Waals surface area contributed by atoms with Crippen molar-refractivity contribution in [1.29, 1.82) is 0 Å². The molecule has 0 aliphatic carbocycles. The van der Waals surface area contributed by atoms with E-state index in [1.165, 1.54) is 0 Å². The van der Waals surface area contributed by atoms with E-state index in [-0.39, 0.29) is 11.5 Å². The predicted octanol–water partition coefficient (Wildman–Crippen LogP) is 2.38. The Morgan fingerprint density at radius 3 is 2.07 bits per heavy atom. The van der Waals surface area contributed by atoms with E-state index in [0.717, 1.165) is 16.7 Å². The van der Waals surface area contributed by atoms with Crippen LogP contribution in [0.1, 0.15) is 27.8 Å². The maximum atomic E-state index is 12.9. The highest BCUT2D eigenvalue weighted by Crippen LogP contribution is 2.31. The number of nitrogens with one attached hydrogen (secondary N) is 2. The molecule has 1 amide bonds. The zero-order valence-electron chi connectivity index (χ0n) is 16.5. The summed E-state index contributed by atoms with van der Waals surface area (Å²) in [6.07, 6.45) is -0.957. The van der Waals surface area contributed by atoms with Crippen molar-refractivity contribution in [3.8, 4) is 11.5 Å². The molecule has 150 valence electrons. The summed E-state index contributed by atoms with van der Waals surface area (Å²) < 4.78 is 36.8. The standard InChI is InChI=1S/C20H24N2O5S/c1-11-12(2)14(4)19(15(5)13(11)3)28(24,25)22-21-20(23)18-10-26-16-8-6-7-9-17(16)27-18/h6-9,18,22H,10H2,1-5H3,(H,21,23)/t18-/m0/s1. The van der Waals surface area contributed by atoms with Gasteiger partial charge in [0.1, 0.15) is 6.61 Å². The number of hydrogen-bond acceptors (Lipinski definition) is 5. The van der Waals surface area contributed by atoms with E-state index in [2.05, 4.69) is 10.3 Å². The number of carbonyl (C=O) groups is 1. The Labute approximate surface area is 165 Å². The van der Waals surface area contributed by atoms with Crippen LogP contribution in [0.15, 0.2) is 29.2 Å².